The largest absolute Gasteiger partial charge is 0.390 e. The fourth-order valence-electron chi connectivity index (χ4n) is 12.6. The highest BCUT2D eigenvalue weighted by Gasteiger charge is 2.47. The molecule has 0 aromatic heterocycles. The van der Waals surface area contributed by atoms with Crippen molar-refractivity contribution >= 4 is 76.7 Å². The number of nitrogens with zero attached hydrogens (tertiary/aromatic N) is 8. The number of thioether (sulfide) groups is 1. The van der Waals surface area contributed by atoms with Crippen LogP contribution in [0.5, 0.6) is 0 Å². The van der Waals surface area contributed by atoms with Crippen molar-refractivity contribution in [3.63, 3.8) is 0 Å². The van der Waals surface area contributed by atoms with E-state index in [0.29, 0.717) is 12.2 Å². The van der Waals surface area contributed by atoms with Gasteiger partial charge in [0.15, 0.2) is 0 Å². The number of hydrogen-bond donors (Lipinski definition) is 6. The Labute approximate surface area is 579 Å². The number of carbonyl (C=O) groups excluding carboxylic acids is 11. The van der Waals surface area contributed by atoms with E-state index in [0.717, 1.165) is 48.7 Å². The van der Waals surface area contributed by atoms with Gasteiger partial charge in [0.2, 0.25) is 65.0 Å². The summed E-state index contributed by atoms with van der Waals surface area (Å²) in [4.78, 5) is 175. The number of likely N-dealkylation sites (N-methyl/N-ethyl adjacent to an activating group) is 7. The number of allylic oxidation sites excluding steroid dienone is 2. The smallest absolute Gasteiger partial charge is 0.246 e. The minimum absolute atomic E-state index is 0.0178. The average Bonchev–Trinajstić information content (AvgIpc) is 0.862. The van der Waals surface area contributed by atoms with Crippen molar-refractivity contribution in [2.75, 3.05) is 80.5 Å². The van der Waals surface area contributed by atoms with Crippen molar-refractivity contribution in [2.24, 2.45) is 35.5 Å². The van der Waals surface area contributed by atoms with E-state index in [1.807, 2.05) is 47.6 Å². The maximum Gasteiger partial charge on any atom is 0.246 e. The molecule has 26 heteroatoms. The Kier molecular flexibility index (Phi) is 35.6. The number of likely N-dealkylation sites (tertiary alicyclic amines) is 1. The third-order valence-corrected chi connectivity index (χ3v) is 19.7. The molecule has 2 aliphatic rings. The predicted molar refractivity (Wildman–Crippen MR) is 376 cm³/mol. The molecule has 0 saturated carbocycles. The molecule has 13 atom stereocenters. The van der Waals surface area contributed by atoms with Gasteiger partial charge in [0.25, 0.3) is 0 Å². The van der Waals surface area contributed by atoms with Crippen LogP contribution in [-0.4, -0.2) is 273 Å². The lowest BCUT2D eigenvalue weighted by Crippen LogP contribution is -2.64. The Hall–Kier alpha value is -5.86. The molecule has 0 aromatic rings. The van der Waals surface area contributed by atoms with E-state index in [1.54, 1.807) is 54.5 Å². The summed E-state index contributed by atoms with van der Waals surface area (Å²) >= 11 is 1.43. The second-order valence-electron chi connectivity index (χ2n) is 29.7. The fraction of sp³-hybridized carbons (Fsp3) is 0.814. The van der Waals surface area contributed by atoms with Crippen LogP contribution in [0.25, 0.3) is 0 Å². The van der Waals surface area contributed by atoms with Crippen molar-refractivity contribution in [3.05, 3.63) is 12.2 Å². The normalized spacial score (nSPS) is 27.1. The summed E-state index contributed by atoms with van der Waals surface area (Å²) in [6.07, 6.45) is 5.41. The molecule has 0 aromatic carbocycles. The molecule has 2 heterocycles. The van der Waals surface area contributed by atoms with Gasteiger partial charge in [0.1, 0.15) is 66.5 Å². The van der Waals surface area contributed by atoms with Crippen LogP contribution in [0.4, 0.5) is 0 Å². The van der Waals surface area contributed by atoms with Crippen LogP contribution in [-0.2, 0) is 52.7 Å². The van der Waals surface area contributed by atoms with Crippen LogP contribution in [0, 0.1) is 35.5 Å². The van der Waals surface area contributed by atoms with Gasteiger partial charge in [-0.25, -0.2) is 0 Å². The van der Waals surface area contributed by atoms with Crippen LogP contribution < -0.4 is 21.3 Å². The number of nitrogens with one attached hydrogen (secondary N) is 4. The van der Waals surface area contributed by atoms with E-state index in [2.05, 4.69) is 26.2 Å². The van der Waals surface area contributed by atoms with E-state index in [9.17, 15) is 29.4 Å². The molecule has 0 aliphatic carbocycles. The minimum atomic E-state index is -1.65. The number of amides is 11. The first kappa shape index (κ1) is 86.2. The molecule has 2 saturated heterocycles. The Bertz CT molecular complexity index is 2630. The third kappa shape index (κ3) is 24.8. The molecule has 2 fully saturated rings. The number of rotatable bonds is 21. The molecule has 0 radical (unpaired) electrons. The maximum absolute atomic E-state index is 15.4. The summed E-state index contributed by atoms with van der Waals surface area (Å²) in [6.45, 7) is 31.9. The van der Waals surface area contributed by atoms with E-state index < -0.39 is 161 Å². The fourth-order valence-corrected chi connectivity index (χ4v) is 13.7. The van der Waals surface area contributed by atoms with Crippen molar-refractivity contribution in [1.29, 1.82) is 0 Å². The topological polar surface area (TPSA) is 302 Å². The van der Waals surface area contributed by atoms with Crippen molar-refractivity contribution in [3.8, 4) is 0 Å². The average molecular weight is 1380 g/mol. The highest BCUT2D eigenvalue weighted by molar-refractivity contribution is 7.99. The monoisotopic (exact) mass is 1370 g/mol. The lowest BCUT2D eigenvalue weighted by Gasteiger charge is -2.41. The first-order chi connectivity index (χ1) is 44.5. The highest BCUT2D eigenvalue weighted by Crippen LogP contribution is 2.27. The second-order valence-corrected chi connectivity index (χ2v) is 30.8. The Morgan fingerprint density at radius 1 is 0.521 bits per heavy atom. The lowest BCUT2D eigenvalue weighted by molar-refractivity contribution is -0.157. The summed E-state index contributed by atoms with van der Waals surface area (Å²) in [6, 6.07) is -14.3. The first-order valence-electron chi connectivity index (χ1n) is 34.9. The molecule has 25 nitrogen and oxygen atoms in total. The Balaban J connectivity index is 3.11. The van der Waals surface area contributed by atoms with Gasteiger partial charge < -0.3 is 70.7 Å². The summed E-state index contributed by atoms with van der Waals surface area (Å²) in [5, 5.41) is 34.9. The molecule has 0 spiro atoms. The molecule has 11 amide bonds. The SMILES string of the molecule is CC=CC[C@@H](C)[C@@H](O)[C@H]1C(=O)N[C@@H](CC)C(=O)N(C)[C@H](CSCCCN2CCCC2)C(=O)N(C)[C@@H](CC(C)(C)O)C(=O)N[C@@H](C(C)C)C(=O)N(C)[C@@H](CC(C)C)C(=O)N[C@@H](C)C(=O)N[C@H](C)C(=O)N(C)[C@@H](CC(C)C)C(=O)N(C)[C@@H](CC(C)C)C(=O)N(C)[C@@H](C(C)C)C(=O)N1C. The molecule has 2 rings (SSSR count). The van der Waals surface area contributed by atoms with Crippen molar-refractivity contribution < 1.29 is 63.0 Å². The highest BCUT2D eigenvalue weighted by atomic mass is 32.2. The zero-order chi connectivity index (χ0) is 73.7. The first-order valence-corrected chi connectivity index (χ1v) is 36.0. The van der Waals surface area contributed by atoms with Gasteiger partial charge in [-0.1, -0.05) is 95.2 Å². The molecule has 96 heavy (non-hydrogen) atoms. The van der Waals surface area contributed by atoms with Crippen LogP contribution in [0.2, 0.25) is 0 Å². The molecule has 6 N–H and O–H groups in total. The maximum atomic E-state index is 15.4. The Morgan fingerprint density at radius 2 is 0.969 bits per heavy atom. The van der Waals surface area contributed by atoms with E-state index >= 15 is 33.6 Å². The van der Waals surface area contributed by atoms with E-state index in [1.165, 1.54) is 113 Å². The number of aliphatic hydroxyl groups excluding tert-OH is 1. The van der Waals surface area contributed by atoms with Gasteiger partial charge in [-0.2, -0.15) is 11.8 Å². The molecular formula is C70H126N12O13S. The summed E-state index contributed by atoms with van der Waals surface area (Å²) in [7, 11) is 9.93. The molecule has 0 unspecified atom stereocenters. The zero-order valence-electron chi connectivity index (χ0n) is 62.8. The van der Waals surface area contributed by atoms with Gasteiger partial charge in [0.05, 0.1) is 11.7 Å². The molecule has 0 bridgehead atoms. The van der Waals surface area contributed by atoms with Gasteiger partial charge in [0, 0.05) is 61.5 Å². The number of aliphatic hydroxyl groups is 2. The van der Waals surface area contributed by atoms with Crippen LogP contribution >= 0.6 is 11.8 Å². The van der Waals surface area contributed by atoms with Crippen LogP contribution in [0.1, 0.15) is 175 Å². The molecule has 2 aliphatic heterocycles. The molecule has 550 valence electrons. The van der Waals surface area contributed by atoms with E-state index in [4.69, 9.17) is 0 Å². The predicted octanol–water partition coefficient (Wildman–Crippen LogP) is 3.97. The van der Waals surface area contributed by atoms with Gasteiger partial charge >= 0.3 is 0 Å². The molecular weight excluding hydrogens is 1250 g/mol. The summed E-state index contributed by atoms with van der Waals surface area (Å²) in [5.74, 6) is -9.52. The van der Waals surface area contributed by atoms with Crippen molar-refractivity contribution in [2.45, 2.75) is 254 Å². The summed E-state index contributed by atoms with van der Waals surface area (Å²) < 4.78 is 0. The number of carbonyl (C=O) groups is 11. The number of hydrogen-bond acceptors (Lipinski definition) is 15. The van der Waals surface area contributed by atoms with Gasteiger partial charge in [-0.15, -0.1) is 0 Å². The van der Waals surface area contributed by atoms with Gasteiger partial charge in [-0.3, -0.25) is 52.7 Å². The van der Waals surface area contributed by atoms with Crippen LogP contribution in [0.15, 0.2) is 12.2 Å². The summed E-state index contributed by atoms with van der Waals surface area (Å²) in [5.41, 5.74) is -1.58. The van der Waals surface area contributed by atoms with Crippen molar-refractivity contribution in [1.82, 2.24) is 60.5 Å². The third-order valence-electron chi connectivity index (χ3n) is 18.6. The Morgan fingerprint density at radius 3 is 1.46 bits per heavy atom. The van der Waals surface area contributed by atoms with Gasteiger partial charge in [-0.05, 0) is 147 Å². The zero-order valence-corrected chi connectivity index (χ0v) is 63.6. The minimum Gasteiger partial charge on any atom is -0.390 e. The van der Waals surface area contributed by atoms with E-state index in [-0.39, 0.29) is 55.6 Å². The van der Waals surface area contributed by atoms with Crippen LogP contribution in [0.3, 0.4) is 0 Å². The standard InChI is InChI=1S/C70H126N12O13S/c1-25-27-31-46(13)58(83)57-62(87)73-49(26-2)64(89)79(22)54(40-96-35-30-34-82-32-28-29-33-82)67(92)78(21)53(39-70(16,17)95)61(86)74-55(44(9)10)68(93)75(18)50(36-41(3)4)60(85)71-47(14)59(84)72-48(15)63(88)76(19)51(37-42(5)6)65(90)77(20)52(38-43(7)8)66(91)80(23)56(45(11)12)69(94)81(57)24/h25,27,41-58,83,95H,26,28-40H2,1-24H3,(H,71,85)(H,72,84)(H,73,87)(H,74,86)/t46-,47+,48-,49+,50+,51+,52+,53+,54-,55+,56+,57+,58-/m1/s1. The quantitative estimate of drug-likeness (QED) is 0.0700. The second kappa shape index (κ2) is 39.7. The lowest BCUT2D eigenvalue weighted by atomic mass is 9.91.